The van der Waals surface area contributed by atoms with E-state index < -0.39 is 12.1 Å². The average Bonchev–Trinajstić information content (AvgIpc) is 1.84. The molecule has 0 saturated heterocycles. The Morgan fingerprint density at radius 2 is 2.00 bits per heavy atom. The molecule has 0 aromatic heterocycles. The highest BCUT2D eigenvalue weighted by Gasteiger charge is 2.19. The average molecular weight is 159 g/mol. The predicted octanol–water partition coefficient (Wildman–Crippen LogP) is 0.310. The second kappa shape index (κ2) is 4.46. The predicted molar refractivity (Wildman–Crippen MR) is 44.1 cm³/mol. The summed E-state index contributed by atoms with van der Waals surface area (Å²) in [5, 5.41) is 9.17. The van der Waals surface area contributed by atoms with Crippen LogP contribution in [0.5, 0.6) is 0 Å². The van der Waals surface area contributed by atoms with Crippen molar-refractivity contribution in [3.8, 4) is 0 Å². The molecule has 0 aliphatic heterocycles. The Bertz CT molecular complexity index is 134. The summed E-state index contributed by atoms with van der Waals surface area (Å²) in [6, 6.07) is -0.410. The number of hydrogen-bond acceptors (Lipinski definition) is 3. The van der Waals surface area contributed by atoms with Crippen molar-refractivity contribution >= 4 is 5.78 Å². The lowest BCUT2D eigenvalue weighted by Crippen LogP contribution is -2.40. The third-order valence-corrected chi connectivity index (χ3v) is 1.57. The summed E-state index contributed by atoms with van der Waals surface area (Å²) in [6.07, 6.45) is -0.307. The van der Waals surface area contributed by atoms with Gasteiger partial charge in [-0.3, -0.25) is 4.79 Å². The Balaban J connectivity index is 3.82. The fourth-order valence-electron chi connectivity index (χ4n) is 0.975. The summed E-state index contributed by atoms with van der Waals surface area (Å²) in [7, 11) is 0. The van der Waals surface area contributed by atoms with E-state index in [1.54, 1.807) is 0 Å². The maximum Gasteiger partial charge on any atom is 0.159 e. The van der Waals surface area contributed by atoms with Crippen LogP contribution in [0.3, 0.4) is 0 Å². The van der Waals surface area contributed by atoms with Gasteiger partial charge in [0.1, 0.15) is 6.10 Å². The molecule has 0 rings (SSSR count). The molecule has 0 unspecified atom stereocenters. The largest absolute Gasteiger partial charge is 0.384 e. The van der Waals surface area contributed by atoms with Crippen LogP contribution in [-0.2, 0) is 4.79 Å². The van der Waals surface area contributed by atoms with Crippen molar-refractivity contribution in [1.29, 1.82) is 0 Å². The molecule has 0 spiro atoms. The molecule has 3 nitrogen and oxygen atoms in total. The van der Waals surface area contributed by atoms with E-state index in [4.69, 9.17) is 10.8 Å². The van der Waals surface area contributed by atoms with Crippen molar-refractivity contribution < 1.29 is 9.90 Å². The fraction of sp³-hybridized carbons (Fsp3) is 0.875. The van der Waals surface area contributed by atoms with Crippen molar-refractivity contribution in [2.75, 3.05) is 0 Å². The third kappa shape index (κ3) is 4.11. The molecule has 0 aliphatic carbocycles. The first-order valence-electron chi connectivity index (χ1n) is 3.89. The zero-order chi connectivity index (χ0) is 9.02. The van der Waals surface area contributed by atoms with Crippen molar-refractivity contribution in [3.05, 3.63) is 0 Å². The van der Waals surface area contributed by atoms with Gasteiger partial charge >= 0.3 is 0 Å². The van der Waals surface area contributed by atoms with Crippen LogP contribution in [0.4, 0.5) is 0 Å². The Morgan fingerprint density at radius 1 is 1.55 bits per heavy atom. The van der Waals surface area contributed by atoms with Crippen LogP contribution in [0.2, 0.25) is 0 Å². The molecule has 0 amide bonds. The Hall–Kier alpha value is -0.410. The van der Waals surface area contributed by atoms with Gasteiger partial charge in [-0.2, -0.15) is 0 Å². The van der Waals surface area contributed by atoms with Gasteiger partial charge < -0.3 is 10.8 Å². The molecule has 3 N–H and O–H groups in total. The van der Waals surface area contributed by atoms with Gasteiger partial charge in [0.2, 0.25) is 0 Å². The molecule has 3 heteroatoms. The summed E-state index contributed by atoms with van der Waals surface area (Å²) in [5.74, 6) is 0.164. The molecule has 11 heavy (non-hydrogen) atoms. The summed E-state index contributed by atoms with van der Waals surface area (Å²) in [4.78, 5) is 10.6. The van der Waals surface area contributed by atoms with Crippen LogP contribution in [0.1, 0.15) is 27.2 Å². The molecule has 0 aromatic carbocycles. The molecular formula is C8H17NO2. The summed E-state index contributed by atoms with van der Waals surface area (Å²) >= 11 is 0. The number of nitrogens with two attached hydrogens (primary N) is 1. The maximum absolute atomic E-state index is 10.6. The van der Waals surface area contributed by atoms with Gasteiger partial charge in [-0.05, 0) is 19.3 Å². The van der Waals surface area contributed by atoms with Crippen LogP contribution in [0.25, 0.3) is 0 Å². The number of Topliss-reactive ketones (excluding diaryl/α,β-unsaturated/α-hetero) is 1. The van der Waals surface area contributed by atoms with Gasteiger partial charge in [-0.15, -0.1) is 0 Å². The number of hydrogen-bond donors (Lipinski definition) is 2. The van der Waals surface area contributed by atoms with Crippen molar-refractivity contribution in [2.24, 2.45) is 11.7 Å². The van der Waals surface area contributed by atoms with Gasteiger partial charge in [0.05, 0.1) is 0 Å². The number of aliphatic hydroxyl groups is 1. The van der Waals surface area contributed by atoms with Crippen LogP contribution in [0, 0.1) is 5.92 Å². The summed E-state index contributed by atoms with van der Waals surface area (Å²) in [6.45, 7) is 5.37. The minimum Gasteiger partial charge on any atom is -0.384 e. The molecule has 0 bridgehead atoms. The molecule has 0 fully saturated rings. The smallest absolute Gasteiger partial charge is 0.159 e. The topological polar surface area (TPSA) is 63.3 Å². The summed E-state index contributed by atoms with van der Waals surface area (Å²) in [5.41, 5.74) is 5.55. The first kappa shape index (κ1) is 10.6. The lowest BCUT2D eigenvalue weighted by molar-refractivity contribution is -0.126. The van der Waals surface area contributed by atoms with Crippen molar-refractivity contribution in [1.82, 2.24) is 0 Å². The molecule has 0 saturated carbocycles. The molecule has 0 aromatic rings. The molecule has 2 atom stereocenters. The first-order chi connectivity index (χ1) is 4.95. The fourth-order valence-corrected chi connectivity index (χ4v) is 0.975. The minimum absolute atomic E-state index is 0.252. The van der Waals surface area contributed by atoms with Crippen molar-refractivity contribution in [2.45, 2.75) is 39.3 Å². The van der Waals surface area contributed by atoms with Crippen LogP contribution < -0.4 is 5.73 Å². The Labute approximate surface area is 67.6 Å². The molecule has 66 valence electrons. The zero-order valence-corrected chi connectivity index (χ0v) is 7.37. The standard InChI is InChI=1S/C8H17NO2/c1-5(2)4-7(9)8(11)6(3)10/h5,7-8,11H,4,9H2,1-3H3/t7-,8-/m0/s1. The van der Waals surface area contributed by atoms with Gasteiger partial charge in [0, 0.05) is 6.04 Å². The van der Waals surface area contributed by atoms with E-state index in [2.05, 4.69) is 0 Å². The van der Waals surface area contributed by atoms with E-state index in [9.17, 15) is 4.79 Å². The van der Waals surface area contributed by atoms with Gasteiger partial charge in [-0.25, -0.2) is 0 Å². The second-order valence-electron chi connectivity index (χ2n) is 3.35. The van der Waals surface area contributed by atoms with E-state index >= 15 is 0 Å². The summed E-state index contributed by atoms with van der Waals surface area (Å²) < 4.78 is 0. The molecule has 0 radical (unpaired) electrons. The maximum atomic E-state index is 10.6. The lowest BCUT2D eigenvalue weighted by atomic mass is 9.98. The highest BCUT2D eigenvalue weighted by molar-refractivity contribution is 5.80. The van der Waals surface area contributed by atoms with E-state index in [0.29, 0.717) is 12.3 Å². The highest BCUT2D eigenvalue weighted by atomic mass is 16.3. The van der Waals surface area contributed by atoms with E-state index in [1.165, 1.54) is 6.92 Å². The minimum atomic E-state index is -0.989. The van der Waals surface area contributed by atoms with Gasteiger partial charge in [0.25, 0.3) is 0 Å². The van der Waals surface area contributed by atoms with E-state index in [1.807, 2.05) is 13.8 Å². The number of ketones is 1. The lowest BCUT2D eigenvalue weighted by Gasteiger charge is -2.17. The first-order valence-corrected chi connectivity index (χ1v) is 3.89. The van der Waals surface area contributed by atoms with E-state index in [-0.39, 0.29) is 5.78 Å². The molecule has 0 aliphatic rings. The monoisotopic (exact) mass is 159 g/mol. The van der Waals surface area contributed by atoms with Crippen LogP contribution >= 0.6 is 0 Å². The number of rotatable bonds is 4. The van der Waals surface area contributed by atoms with Crippen LogP contribution in [-0.4, -0.2) is 23.0 Å². The number of aliphatic hydroxyl groups excluding tert-OH is 1. The number of carbonyl (C=O) groups excluding carboxylic acids is 1. The normalized spacial score (nSPS) is 16.5. The second-order valence-corrected chi connectivity index (χ2v) is 3.35. The Morgan fingerprint density at radius 3 is 2.27 bits per heavy atom. The SMILES string of the molecule is CC(=O)[C@H](O)[C@@H](N)CC(C)C. The quantitative estimate of drug-likeness (QED) is 0.620. The highest BCUT2D eigenvalue weighted by Crippen LogP contribution is 2.06. The van der Waals surface area contributed by atoms with E-state index in [0.717, 1.165) is 0 Å². The zero-order valence-electron chi connectivity index (χ0n) is 7.37. The third-order valence-electron chi connectivity index (χ3n) is 1.57. The van der Waals surface area contributed by atoms with Gasteiger partial charge in [0.15, 0.2) is 5.78 Å². The Kier molecular flexibility index (Phi) is 4.30. The molecule has 0 heterocycles. The number of carbonyl (C=O) groups is 1. The molecular weight excluding hydrogens is 142 g/mol. The van der Waals surface area contributed by atoms with Gasteiger partial charge in [-0.1, -0.05) is 13.8 Å². The van der Waals surface area contributed by atoms with Crippen molar-refractivity contribution in [3.63, 3.8) is 0 Å². The van der Waals surface area contributed by atoms with Crippen LogP contribution in [0.15, 0.2) is 0 Å².